The Kier molecular flexibility index (Phi) is 8.39. The van der Waals surface area contributed by atoms with Crippen molar-refractivity contribution in [3.8, 4) is 11.6 Å². The van der Waals surface area contributed by atoms with Gasteiger partial charge in [-0.2, -0.15) is 0 Å². The van der Waals surface area contributed by atoms with Gasteiger partial charge in [-0.15, -0.1) is 0 Å². The maximum atomic E-state index is 13.2. The van der Waals surface area contributed by atoms with Gasteiger partial charge in [-0.25, -0.2) is 23.0 Å². The van der Waals surface area contributed by atoms with E-state index in [4.69, 9.17) is 9.47 Å². The Balaban J connectivity index is 1.28. The van der Waals surface area contributed by atoms with Gasteiger partial charge in [-0.3, -0.25) is 4.98 Å². The minimum absolute atomic E-state index is 0.0706. The molecule has 2 amide bonds. The van der Waals surface area contributed by atoms with E-state index < -0.39 is 27.9 Å². The van der Waals surface area contributed by atoms with Crippen molar-refractivity contribution in [2.75, 3.05) is 12.4 Å². The van der Waals surface area contributed by atoms with Crippen LogP contribution >= 0.6 is 0 Å². The van der Waals surface area contributed by atoms with Crippen LogP contribution in [0.25, 0.3) is 10.8 Å². The van der Waals surface area contributed by atoms with E-state index in [9.17, 15) is 18.0 Å². The smallest absolute Gasteiger partial charge is 0.328 e. The summed E-state index contributed by atoms with van der Waals surface area (Å²) in [7, 11) is -2.68. The van der Waals surface area contributed by atoms with Gasteiger partial charge in [0.25, 0.3) is 0 Å². The highest BCUT2D eigenvalue weighted by molar-refractivity contribution is 7.91. The van der Waals surface area contributed by atoms with Crippen LogP contribution < -0.4 is 15.4 Å². The number of rotatable bonds is 9. The molecule has 0 aliphatic rings. The lowest BCUT2D eigenvalue weighted by molar-refractivity contribution is -0.142. The number of esters is 1. The van der Waals surface area contributed by atoms with Crippen LogP contribution in [0.2, 0.25) is 0 Å². The van der Waals surface area contributed by atoms with Crippen LogP contribution in [0.3, 0.4) is 0 Å². The monoisotopic (exact) mass is 582 g/mol. The SMILES string of the molecule is COC(=O)C(Cc1ccc(Oc2nccc3ccncc23)cc1)NC(=O)Nc1ccccc1S(=O)(=O)c1ccccc1. The number of aromatic nitrogens is 2. The van der Waals surface area contributed by atoms with E-state index in [1.807, 2.05) is 12.1 Å². The molecule has 212 valence electrons. The third-order valence-electron chi connectivity index (χ3n) is 6.38. The Hall–Kier alpha value is -5.29. The standard InChI is InChI=1S/C31H26N4O6S/c1-40-30(36)27(19-21-11-13-23(14-12-21)41-29-25-20-32-17-15-22(25)16-18-33-29)35-31(37)34-26-9-5-6-10-28(26)42(38,39)24-7-3-2-4-8-24/h2-18,20,27H,19H2,1H3,(H2,34,35,37). The molecule has 0 bridgehead atoms. The zero-order valence-corrected chi connectivity index (χ0v) is 23.2. The number of carbonyl (C=O) groups excluding carboxylic acids is 2. The van der Waals surface area contributed by atoms with Crippen molar-refractivity contribution in [3.05, 3.63) is 115 Å². The molecule has 5 rings (SSSR count). The lowest BCUT2D eigenvalue weighted by atomic mass is 10.1. The number of benzene rings is 3. The van der Waals surface area contributed by atoms with E-state index >= 15 is 0 Å². The number of hydrogen-bond acceptors (Lipinski definition) is 8. The number of urea groups is 1. The zero-order valence-electron chi connectivity index (χ0n) is 22.4. The highest BCUT2D eigenvalue weighted by Crippen LogP contribution is 2.28. The molecule has 0 aliphatic heterocycles. The van der Waals surface area contributed by atoms with Crippen LogP contribution in [0.4, 0.5) is 10.5 Å². The van der Waals surface area contributed by atoms with Crippen LogP contribution in [-0.4, -0.2) is 43.5 Å². The third kappa shape index (κ3) is 6.37. The number of nitrogens with zero attached hydrogens (tertiary/aromatic N) is 2. The summed E-state index contributed by atoms with van der Waals surface area (Å²) in [5.41, 5.74) is 0.791. The number of pyridine rings is 2. The van der Waals surface area contributed by atoms with Crippen LogP contribution in [-0.2, 0) is 25.8 Å². The second-order valence-electron chi connectivity index (χ2n) is 9.15. The fourth-order valence-electron chi connectivity index (χ4n) is 4.29. The average Bonchev–Trinajstić information content (AvgIpc) is 3.02. The Morgan fingerprint density at radius 2 is 1.60 bits per heavy atom. The van der Waals surface area contributed by atoms with E-state index in [0.717, 1.165) is 16.3 Å². The number of sulfone groups is 1. The summed E-state index contributed by atoms with van der Waals surface area (Å²) >= 11 is 0. The molecule has 10 nitrogen and oxygen atoms in total. The van der Waals surface area contributed by atoms with E-state index in [-0.39, 0.29) is 21.9 Å². The summed E-state index contributed by atoms with van der Waals surface area (Å²) in [5.74, 6) is 0.274. The normalized spacial score (nSPS) is 11.8. The third-order valence-corrected chi connectivity index (χ3v) is 8.21. The number of methoxy groups -OCH3 is 1. The second-order valence-corrected chi connectivity index (χ2v) is 11.1. The van der Waals surface area contributed by atoms with Crippen LogP contribution in [0.1, 0.15) is 5.56 Å². The van der Waals surface area contributed by atoms with Gasteiger partial charge in [-0.1, -0.05) is 42.5 Å². The maximum Gasteiger partial charge on any atom is 0.328 e. The second kappa shape index (κ2) is 12.5. The van der Waals surface area contributed by atoms with Crippen molar-refractivity contribution in [1.82, 2.24) is 15.3 Å². The topological polar surface area (TPSA) is 137 Å². The minimum atomic E-state index is -3.91. The molecule has 0 saturated carbocycles. The number of para-hydroxylation sites is 1. The van der Waals surface area contributed by atoms with Gasteiger partial charge in [0.1, 0.15) is 11.8 Å². The first kappa shape index (κ1) is 28.2. The fraction of sp³-hybridized carbons (Fsp3) is 0.0968. The molecule has 2 heterocycles. The molecule has 2 aromatic heterocycles. The number of ether oxygens (including phenoxy) is 2. The first-order valence-corrected chi connectivity index (χ1v) is 14.3. The van der Waals surface area contributed by atoms with E-state index in [1.165, 1.54) is 31.4 Å². The van der Waals surface area contributed by atoms with Crippen LogP contribution in [0.15, 0.2) is 119 Å². The predicted molar refractivity (Wildman–Crippen MR) is 156 cm³/mol. The summed E-state index contributed by atoms with van der Waals surface area (Å²) < 4.78 is 37.2. The molecule has 2 N–H and O–H groups in total. The van der Waals surface area contributed by atoms with Crippen LogP contribution in [0.5, 0.6) is 11.6 Å². The van der Waals surface area contributed by atoms with Crippen molar-refractivity contribution in [1.29, 1.82) is 0 Å². The van der Waals surface area contributed by atoms with Gasteiger partial charge in [-0.05, 0) is 59.5 Å². The van der Waals surface area contributed by atoms with E-state index in [0.29, 0.717) is 11.6 Å². The molecule has 0 aliphatic carbocycles. The van der Waals surface area contributed by atoms with Gasteiger partial charge in [0.15, 0.2) is 0 Å². The van der Waals surface area contributed by atoms with E-state index in [1.54, 1.807) is 73.2 Å². The Bertz CT molecular complexity index is 1820. The summed E-state index contributed by atoms with van der Waals surface area (Å²) in [4.78, 5) is 34.0. The van der Waals surface area contributed by atoms with Crippen molar-refractivity contribution in [3.63, 3.8) is 0 Å². The van der Waals surface area contributed by atoms with Crippen molar-refractivity contribution in [2.45, 2.75) is 22.3 Å². The Morgan fingerprint density at radius 3 is 2.36 bits per heavy atom. The number of anilines is 1. The summed E-state index contributed by atoms with van der Waals surface area (Å²) in [6, 6.07) is 22.8. The molecule has 3 aromatic carbocycles. The van der Waals surface area contributed by atoms with Crippen LogP contribution in [0, 0.1) is 0 Å². The highest BCUT2D eigenvalue weighted by Gasteiger charge is 2.25. The minimum Gasteiger partial charge on any atom is -0.467 e. The molecule has 1 unspecified atom stereocenters. The number of amides is 2. The largest absolute Gasteiger partial charge is 0.467 e. The summed E-state index contributed by atoms with van der Waals surface area (Å²) in [6.07, 6.45) is 5.14. The molecular formula is C31H26N4O6S. The van der Waals surface area contributed by atoms with Gasteiger partial charge >= 0.3 is 12.0 Å². The van der Waals surface area contributed by atoms with Crippen molar-refractivity contribution >= 4 is 38.3 Å². The molecule has 5 aromatic rings. The quantitative estimate of drug-likeness (QED) is 0.228. The predicted octanol–water partition coefficient (Wildman–Crippen LogP) is 5.16. The molecule has 0 saturated heterocycles. The lowest BCUT2D eigenvalue weighted by Crippen LogP contribution is -2.45. The highest BCUT2D eigenvalue weighted by atomic mass is 32.2. The first-order chi connectivity index (χ1) is 20.3. The van der Waals surface area contributed by atoms with Crippen molar-refractivity contribution in [2.24, 2.45) is 0 Å². The van der Waals surface area contributed by atoms with E-state index in [2.05, 4.69) is 20.6 Å². The molecule has 1 atom stereocenters. The van der Waals surface area contributed by atoms with Gasteiger partial charge < -0.3 is 20.1 Å². The van der Waals surface area contributed by atoms with Crippen molar-refractivity contribution < 1.29 is 27.5 Å². The first-order valence-electron chi connectivity index (χ1n) is 12.8. The Labute approximate surface area is 242 Å². The fourth-order valence-corrected chi connectivity index (χ4v) is 5.73. The maximum absolute atomic E-state index is 13.2. The molecule has 0 radical (unpaired) electrons. The molecule has 42 heavy (non-hydrogen) atoms. The average molecular weight is 583 g/mol. The lowest BCUT2D eigenvalue weighted by Gasteiger charge is -2.18. The molecule has 0 spiro atoms. The van der Waals surface area contributed by atoms with Gasteiger partial charge in [0.05, 0.1) is 28.0 Å². The van der Waals surface area contributed by atoms with Gasteiger partial charge in [0.2, 0.25) is 15.7 Å². The zero-order chi connectivity index (χ0) is 29.5. The summed E-state index contributed by atoms with van der Waals surface area (Å²) in [6.45, 7) is 0. The number of fused-ring (bicyclic) bond motifs is 1. The number of carbonyl (C=O) groups is 2. The van der Waals surface area contributed by atoms with Gasteiger partial charge in [0, 0.05) is 25.0 Å². The number of nitrogens with one attached hydrogen (secondary N) is 2. The summed E-state index contributed by atoms with van der Waals surface area (Å²) in [5, 5.41) is 6.86. The number of hydrogen-bond donors (Lipinski definition) is 2. The molecular weight excluding hydrogens is 556 g/mol. The molecule has 0 fully saturated rings. The Morgan fingerprint density at radius 1 is 0.881 bits per heavy atom. The molecule has 11 heteroatoms.